The first-order chi connectivity index (χ1) is 19.3. The third kappa shape index (κ3) is 4.83. The second-order valence-electron chi connectivity index (χ2n) is 9.68. The molecule has 0 radical (unpaired) electrons. The second kappa shape index (κ2) is 11.1. The minimum absolute atomic E-state index is 0.0640. The lowest BCUT2D eigenvalue weighted by Gasteiger charge is -2.26. The highest BCUT2D eigenvalue weighted by atomic mass is 32.2. The highest BCUT2D eigenvalue weighted by Crippen LogP contribution is 2.43. The van der Waals surface area contributed by atoms with Crippen LogP contribution < -0.4 is 15.0 Å². The standard InChI is InChI=1S/C30H31N3O6S/c1-4-6-10-26-32-29(34)28(30(35)33(26)24(5-2)23-8-7-9-25-27(23)39-18-38-25)40(36,37)21-13-11-20(12-14-21)22-15-16-31-17-19(22)3/h7-9,11-17,24,35H,4-6,10,18H2,1-3H3/t24-/m1/s1. The topological polar surface area (TPSA) is 121 Å². The summed E-state index contributed by atoms with van der Waals surface area (Å²) in [5.41, 5.74) is 2.38. The first-order valence-corrected chi connectivity index (χ1v) is 14.7. The summed E-state index contributed by atoms with van der Waals surface area (Å²) in [5, 5.41) is 11.6. The van der Waals surface area contributed by atoms with Gasteiger partial charge in [-0.25, -0.2) is 8.42 Å². The van der Waals surface area contributed by atoms with Crippen LogP contribution in [0.2, 0.25) is 0 Å². The fraction of sp³-hybridized carbons (Fsp3) is 0.300. The lowest BCUT2D eigenvalue weighted by Crippen LogP contribution is -2.27. The summed E-state index contributed by atoms with van der Waals surface area (Å²) < 4.78 is 40.4. The molecule has 0 aliphatic carbocycles. The fourth-order valence-corrected chi connectivity index (χ4v) is 6.45. The van der Waals surface area contributed by atoms with Gasteiger partial charge in [0.15, 0.2) is 16.4 Å². The minimum atomic E-state index is -4.42. The molecule has 208 valence electrons. The minimum Gasteiger partial charge on any atom is -0.493 e. The molecule has 2 aromatic carbocycles. The van der Waals surface area contributed by atoms with E-state index in [1.807, 2.05) is 39.0 Å². The molecular formula is C30H31N3O6S. The molecule has 40 heavy (non-hydrogen) atoms. The molecule has 0 fully saturated rings. The zero-order valence-corrected chi connectivity index (χ0v) is 23.4. The molecule has 0 spiro atoms. The maximum atomic E-state index is 13.8. The van der Waals surface area contributed by atoms with Gasteiger partial charge >= 0.3 is 0 Å². The summed E-state index contributed by atoms with van der Waals surface area (Å²) in [6, 6.07) is 13.0. The van der Waals surface area contributed by atoms with E-state index in [1.165, 1.54) is 16.7 Å². The van der Waals surface area contributed by atoms with Crippen LogP contribution in [0.4, 0.5) is 0 Å². The number of aromatic hydroxyl groups is 1. The second-order valence-corrected chi connectivity index (χ2v) is 11.6. The molecule has 3 heterocycles. The fourth-order valence-electron chi connectivity index (χ4n) is 5.11. The Kier molecular flexibility index (Phi) is 7.62. The lowest BCUT2D eigenvalue weighted by atomic mass is 10.0. The molecule has 9 nitrogen and oxygen atoms in total. The quantitative estimate of drug-likeness (QED) is 0.295. The van der Waals surface area contributed by atoms with E-state index in [1.54, 1.807) is 30.6 Å². The lowest BCUT2D eigenvalue weighted by molar-refractivity contribution is 0.172. The Morgan fingerprint density at radius 1 is 1.07 bits per heavy atom. The van der Waals surface area contributed by atoms with E-state index in [9.17, 15) is 18.3 Å². The van der Waals surface area contributed by atoms with Gasteiger partial charge in [0, 0.05) is 24.4 Å². The number of unbranched alkanes of at least 4 members (excludes halogenated alkanes) is 1. The third-order valence-electron chi connectivity index (χ3n) is 7.14. The molecule has 2 aromatic heterocycles. The maximum absolute atomic E-state index is 13.8. The Morgan fingerprint density at radius 2 is 1.85 bits per heavy atom. The van der Waals surface area contributed by atoms with Gasteiger partial charge in [-0.05, 0) is 60.7 Å². The molecular weight excluding hydrogens is 530 g/mol. The first kappa shape index (κ1) is 27.4. The van der Waals surface area contributed by atoms with E-state index in [4.69, 9.17) is 9.47 Å². The summed E-state index contributed by atoms with van der Waals surface area (Å²) >= 11 is 0. The monoisotopic (exact) mass is 561 g/mol. The number of fused-ring (bicyclic) bond motifs is 1. The number of aromatic nitrogens is 3. The molecule has 5 rings (SSSR count). The summed E-state index contributed by atoms with van der Waals surface area (Å²) in [5.74, 6) is 0.774. The van der Waals surface area contributed by atoms with E-state index in [0.29, 0.717) is 42.1 Å². The van der Waals surface area contributed by atoms with Crippen molar-refractivity contribution in [3.63, 3.8) is 0 Å². The summed E-state index contributed by atoms with van der Waals surface area (Å²) in [7, 11) is -4.42. The average Bonchev–Trinajstić information content (AvgIpc) is 3.43. The van der Waals surface area contributed by atoms with E-state index < -0.39 is 32.2 Å². The number of nitrogens with zero attached hydrogens (tertiary/aromatic N) is 3. The molecule has 1 N–H and O–H groups in total. The Balaban J connectivity index is 1.65. The van der Waals surface area contributed by atoms with Gasteiger partial charge in [-0.3, -0.25) is 14.3 Å². The van der Waals surface area contributed by atoms with Gasteiger partial charge in [0.05, 0.1) is 10.9 Å². The molecule has 1 atom stereocenters. The van der Waals surface area contributed by atoms with Crippen LogP contribution in [0.15, 0.2) is 75.5 Å². The van der Waals surface area contributed by atoms with E-state index in [2.05, 4.69) is 9.97 Å². The van der Waals surface area contributed by atoms with Crippen molar-refractivity contribution < 1.29 is 23.0 Å². The van der Waals surface area contributed by atoms with Crippen molar-refractivity contribution in [1.29, 1.82) is 0 Å². The predicted molar refractivity (Wildman–Crippen MR) is 150 cm³/mol. The number of aryl methyl sites for hydroxylation is 2. The zero-order chi connectivity index (χ0) is 28.4. The van der Waals surface area contributed by atoms with Crippen molar-refractivity contribution in [3.8, 4) is 28.5 Å². The number of hydrogen-bond acceptors (Lipinski definition) is 8. The Hall–Kier alpha value is -4.18. The van der Waals surface area contributed by atoms with Crippen molar-refractivity contribution in [3.05, 3.63) is 88.2 Å². The van der Waals surface area contributed by atoms with Crippen LogP contribution in [0.3, 0.4) is 0 Å². The number of benzene rings is 2. The molecule has 1 aliphatic rings. The number of sulfone groups is 1. The SMILES string of the molecule is CCCCc1nc(=O)c(S(=O)(=O)c2ccc(-c3ccncc3C)cc2)c(O)n1[C@H](CC)c1cccc2c1OCO2. The molecule has 0 amide bonds. The van der Waals surface area contributed by atoms with Gasteiger partial charge < -0.3 is 14.6 Å². The summed E-state index contributed by atoms with van der Waals surface area (Å²) in [6.45, 7) is 5.90. The van der Waals surface area contributed by atoms with E-state index in [0.717, 1.165) is 23.1 Å². The molecule has 0 saturated heterocycles. The van der Waals surface area contributed by atoms with Crippen LogP contribution >= 0.6 is 0 Å². The molecule has 1 aliphatic heterocycles. The van der Waals surface area contributed by atoms with Crippen LogP contribution in [0.5, 0.6) is 17.4 Å². The highest BCUT2D eigenvalue weighted by Gasteiger charge is 2.33. The van der Waals surface area contributed by atoms with Crippen molar-refractivity contribution in [2.45, 2.75) is 62.3 Å². The van der Waals surface area contributed by atoms with E-state index in [-0.39, 0.29) is 11.7 Å². The Morgan fingerprint density at radius 3 is 2.55 bits per heavy atom. The van der Waals surface area contributed by atoms with Gasteiger partial charge in [-0.2, -0.15) is 4.98 Å². The van der Waals surface area contributed by atoms with Crippen LogP contribution in [0.1, 0.15) is 56.1 Å². The smallest absolute Gasteiger partial charge is 0.296 e. The van der Waals surface area contributed by atoms with Gasteiger partial charge in [0.2, 0.25) is 22.5 Å². The van der Waals surface area contributed by atoms with Crippen LogP contribution in [0, 0.1) is 6.92 Å². The van der Waals surface area contributed by atoms with Crippen LogP contribution in [-0.4, -0.2) is 34.9 Å². The van der Waals surface area contributed by atoms with Gasteiger partial charge in [0.1, 0.15) is 5.82 Å². The predicted octanol–water partition coefficient (Wildman–Crippen LogP) is 5.22. The normalized spacial score (nSPS) is 13.4. The molecule has 10 heteroatoms. The van der Waals surface area contributed by atoms with Crippen LogP contribution in [-0.2, 0) is 16.3 Å². The average molecular weight is 562 g/mol. The van der Waals surface area contributed by atoms with Crippen LogP contribution in [0.25, 0.3) is 11.1 Å². The molecule has 0 saturated carbocycles. The highest BCUT2D eigenvalue weighted by molar-refractivity contribution is 7.91. The summed E-state index contributed by atoms with van der Waals surface area (Å²) in [6.07, 6.45) is 5.79. The van der Waals surface area contributed by atoms with Crippen molar-refractivity contribution in [2.24, 2.45) is 0 Å². The number of pyridine rings is 1. The Labute approximate surface area is 233 Å². The third-order valence-corrected chi connectivity index (χ3v) is 8.92. The van der Waals surface area contributed by atoms with Gasteiger partial charge in [-0.15, -0.1) is 0 Å². The molecule has 0 bridgehead atoms. The van der Waals surface area contributed by atoms with Crippen molar-refractivity contribution in [1.82, 2.24) is 14.5 Å². The summed E-state index contributed by atoms with van der Waals surface area (Å²) in [4.78, 5) is 20.7. The molecule has 4 aromatic rings. The largest absolute Gasteiger partial charge is 0.493 e. The Bertz CT molecular complexity index is 1710. The van der Waals surface area contributed by atoms with E-state index >= 15 is 0 Å². The number of ether oxygens (including phenoxy) is 2. The number of rotatable bonds is 9. The van der Waals surface area contributed by atoms with Gasteiger partial charge in [-0.1, -0.05) is 44.5 Å². The van der Waals surface area contributed by atoms with Crippen molar-refractivity contribution >= 4 is 9.84 Å². The maximum Gasteiger partial charge on any atom is 0.296 e. The number of hydrogen-bond donors (Lipinski definition) is 1. The van der Waals surface area contributed by atoms with Crippen molar-refractivity contribution in [2.75, 3.05) is 6.79 Å². The molecule has 0 unspecified atom stereocenters. The number of para-hydroxylation sites is 1. The first-order valence-electron chi connectivity index (χ1n) is 13.3. The van der Waals surface area contributed by atoms with Gasteiger partial charge in [0.25, 0.3) is 5.56 Å². The zero-order valence-electron chi connectivity index (χ0n) is 22.6.